The number of halogens is 2. The lowest BCUT2D eigenvalue weighted by molar-refractivity contribution is -0.134. The smallest absolute Gasteiger partial charge is 0.338 e. The molecule has 3 rings (SSSR count). The Balaban J connectivity index is 2.04. The maximum Gasteiger partial charge on any atom is 0.338 e. The first kappa shape index (κ1) is 41.0. The van der Waals surface area contributed by atoms with Crippen LogP contribution < -0.4 is 18.9 Å². The SMILES string of the molecule is C=C(C)C(=O)OC=COc1ccc(C#Cc2c(F)c(OC(=O)C(=C)C)c(C#Cc3ccc(OC=COC(=O)C(=C)C)cc3)c(F)c2OC(=O)C(=C)C)cc1. The van der Waals surface area contributed by atoms with E-state index in [1.807, 2.05) is 0 Å². The topological polar surface area (TPSA) is 124 Å². The Kier molecular flexibility index (Phi) is 14.6. The van der Waals surface area contributed by atoms with Crippen molar-refractivity contribution in [2.45, 2.75) is 27.7 Å². The molecule has 0 aliphatic heterocycles. The second-order valence-electron chi connectivity index (χ2n) is 11.1. The van der Waals surface area contributed by atoms with Gasteiger partial charge in [0.05, 0.1) is 0 Å². The summed E-state index contributed by atoms with van der Waals surface area (Å²) in [6.07, 6.45) is 4.30. The van der Waals surface area contributed by atoms with E-state index < -0.39 is 58.1 Å². The molecule has 10 nitrogen and oxygen atoms in total. The fourth-order valence-corrected chi connectivity index (χ4v) is 3.52. The molecule has 0 unspecified atom stereocenters. The molecule has 0 N–H and O–H groups in total. The highest BCUT2D eigenvalue weighted by Crippen LogP contribution is 2.37. The Morgan fingerprint density at radius 1 is 0.500 bits per heavy atom. The third kappa shape index (κ3) is 11.8. The Morgan fingerprint density at radius 2 is 0.815 bits per heavy atom. The highest BCUT2D eigenvalue weighted by atomic mass is 19.1. The highest BCUT2D eigenvalue weighted by Gasteiger charge is 2.29. The molecule has 0 aliphatic rings. The summed E-state index contributed by atoms with van der Waals surface area (Å²) in [5.41, 5.74) is -0.814. The first-order valence-electron chi connectivity index (χ1n) is 15.5. The van der Waals surface area contributed by atoms with E-state index in [0.717, 1.165) is 25.0 Å². The Morgan fingerprint density at radius 3 is 1.11 bits per heavy atom. The zero-order chi connectivity index (χ0) is 39.9. The summed E-state index contributed by atoms with van der Waals surface area (Å²) in [5, 5.41) is 0. The summed E-state index contributed by atoms with van der Waals surface area (Å²) >= 11 is 0. The summed E-state index contributed by atoms with van der Waals surface area (Å²) in [5.74, 6) is 2.81. The minimum Gasteiger partial charge on any atom is -0.462 e. The Labute approximate surface area is 310 Å². The summed E-state index contributed by atoms with van der Waals surface area (Å²) in [6.45, 7) is 19.4. The van der Waals surface area contributed by atoms with Crippen LogP contribution in [-0.4, -0.2) is 23.9 Å². The zero-order valence-electron chi connectivity index (χ0n) is 29.6. The predicted octanol–water partition coefficient (Wildman–Crippen LogP) is 7.67. The molecule has 0 fully saturated rings. The van der Waals surface area contributed by atoms with Crippen LogP contribution in [0.1, 0.15) is 49.9 Å². The van der Waals surface area contributed by atoms with Crippen molar-refractivity contribution >= 4 is 23.9 Å². The van der Waals surface area contributed by atoms with Gasteiger partial charge in [-0.25, -0.2) is 28.0 Å². The molecule has 12 heteroatoms. The van der Waals surface area contributed by atoms with Crippen LogP contribution in [0.4, 0.5) is 8.78 Å². The first-order valence-corrected chi connectivity index (χ1v) is 15.5. The second-order valence-corrected chi connectivity index (χ2v) is 11.1. The molecular weight excluding hydrogens is 702 g/mol. The van der Waals surface area contributed by atoms with Crippen molar-refractivity contribution < 1.29 is 56.4 Å². The number of esters is 4. The monoisotopic (exact) mass is 734 g/mol. The summed E-state index contributed by atoms with van der Waals surface area (Å²) in [7, 11) is 0. The largest absolute Gasteiger partial charge is 0.462 e. The van der Waals surface area contributed by atoms with Gasteiger partial charge in [-0.1, -0.05) is 50.0 Å². The minimum absolute atomic E-state index is 0.135. The van der Waals surface area contributed by atoms with Crippen LogP contribution >= 0.6 is 0 Å². The van der Waals surface area contributed by atoms with Crippen LogP contribution in [0.3, 0.4) is 0 Å². The van der Waals surface area contributed by atoms with Gasteiger partial charge in [-0.15, -0.1) is 0 Å². The highest BCUT2D eigenvalue weighted by molar-refractivity contribution is 5.91. The molecule has 0 radical (unpaired) electrons. The van der Waals surface area contributed by atoms with Crippen LogP contribution in [0.25, 0.3) is 0 Å². The molecule has 54 heavy (non-hydrogen) atoms. The fourth-order valence-electron chi connectivity index (χ4n) is 3.52. The van der Waals surface area contributed by atoms with Crippen LogP contribution in [0.2, 0.25) is 0 Å². The third-order valence-electron chi connectivity index (χ3n) is 6.32. The van der Waals surface area contributed by atoms with Crippen LogP contribution in [0.5, 0.6) is 23.0 Å². The molecule has 274 valence electrons. The van der Waals surface area contributed by atoms with Gasteiger partial charge in [0.15, 0.2) is 23.1 Å². The molecule has 0 spiro atoms. The van der Waals surface area contributed by atoms with Crippen molar-refractivity contribution in [1.29, 1.82) is 0 Å². The van der Waals surface area contributed by atoms with E-state index in [9.17, 15) is 19.2 Å². The molecule has 3 aromatic rings. The van der Waals surface area contributed by atoms with Gasteiger partial charge in [0, 0.05) is 33.4 Å². The molecular formula is C42H32F2O10. The number of carbonyl (C=O) groups excluding carboxylic acids is 4. The number of hydrogen-bond acceptors (Lipinski definition) is 10. The van der Waals surface area contributed by atoms with E-state index in [2.05, 4.69) is 50.0 Å². The zero-order valence-corrected chi connectivity index (χ0v) is 29.6. The van der Waals surface area contributed by atoms with E-state index in [-0.39, 0.29) is 33.4 Å². The summed E-state index contributed by atoms with van der Waals surface area (Å²) < 4.78 is 63.3. The van der Waals surface area contributed by atoms with Crippen molar-refractivity contribution in [1.82, 2.24) is 0 Å². The second kappa shape index (κ2) is 19.2. The van der Waals surface area contributed by atoms with E-state index >= 15 is 8.78 Å². The third-order valence-corrected chi connectivity index (χ3v) is 6.32. The van der Waals surface area contributed by atoms with E-state index in [1.165, 1.54) is 76.2 Å². The molecule has 0 aliphatic carbocycles. The lowest BCUT2D eigenvalue weighted by atomic mass is 10.0. The molecule has 0 bridgehead atoms. The van der Waals surface area contributed by atoms with E-state index in [4.69, 9.17) is 28.4 Å². The van der Waals surface area contributed by atoms with Crippen LogP contribution in [-0.2, 0) is 28.7 Å². The summed E-state index contributed by atoms with van der Waals surface area (Å²) in [6, 6.07) is 11.9. The number of carbonyl (C=O) groups is 4. The fraction of sp³-hybridized carbons (Fsp3) is 0.0952. The van der Waals surface area contributed by atoms with Gasteiger partial charge in [0.25, 0.3) is 0 Å². The maximum absolute atomic E-state index is 16.3. The predicted molar refractivity (Wildman–Crippen MR) is 193 cm³/mol. The Hall–Kier alpha value is -7.44. The van der Waals surface area contributed by atoms with Crippen molar-refractivity contribution in [2.75, 3.05) is 0 Å². The van der Waals surface area contributed by atoms with Gasteiger partial charge in [-0.05, 0) is 76.2 Å². The van der Waals surface area contributed by atoms with E-state index in [1.54, 1.807) is 0 Å². The van der Waals surface area contributed by atoms with Crippen molar-refractivity contribution in [3.8, 4) is 46.7 Å². The van der Waals surface area contributed by atoms with Gasteiger partial charge in [0.2, 0.25) is 0 Å². The average molecular weight is 735 g/mol. The van der Waals surface area contributed by atoms with Gasteiger partial charge < -0.3 is 28.4 Å². The van der Waals surface area contributed by atoms with Crippen LogP contribution in [0.15, 0.2) is 122 Å². The average Bonchev–Trinajstić information content (AvgIpc) is 3.13. The quantitative estimate of drug-likeness (QED) is 0.0602. The molecule has 0 amide bonds. The number of hydrogen-bond donors (Lipinski definition) is 0. The number of benzene rings is 3. The molecule has 0 aromatic heterocycles. The minimum atomic E-state index is -1.36. The number of ether oxygens (including phenoxy) is 6. The lowest BCUT2D eigenvalue weighted by Crippen LogP contribution is -2.16. The molecule has 0 heterocycles. The summed E-state index contributed by atoms with van der Waals surface area (Å²) in [4.78, 5) is 48.0. The maximum atomic E-state index is 16.3. The lowest BCUT2D eigenvalue weighted by Gasteiger charge is -2.15. The van der Waals surface area contributed by atoms with E-state index in [0.29, 0.717) is 11.5 Å². The van der Waals surface area contributed by atoms with Gasteiger partial charge >= 0.3 is 23.9 Å². The van der Waals surface area contributed by atoms with Crippen molar-refractivity contribution in [3.05, 3.63) is 156 Å². The van der Waals surface area contributed by atoms with Crippen molar-refractivity contribution in [3.63, 3.8) is 0 Å². The number of rotatable bonds is 12. The van der Waals surface area contributed by atoms with Gasteiger partial charge in [0.1, 0.15) is 47.7 Å². The van der Waals surface area contributed by atoms with Gasteiger partial charge in [-0.2, -0.15) is 0 Å². The Bertz CT molecular complexity index is 2060. The molecule has 0 saturated heterocycles. The standard InChI is InChI=1S/C42H32F2O10/c1-25(2)39(45)51-23-21-49-31-15-9-29(10-16-31)13-19-33-35(43)38(54-42(48)28(7)8)34(36(44)37(33)53-41(47)27(5)6)20-14-30-11-17-32(18-12-30)50-22-24-52-40(46)26(3)4/h9-12,15-18,21-24H,1,3,5,7H2,2,4,6,8H3. The molecule has 0 saturated carbocycles. The van der Waals surface area contributed by atoms with Crippen LogP contribution in [0, 0.1) is 35.3 Å². The molecule has 3 aromatic carbocycles. The van der Waals surface area contributed by atoms with Crippen molar-refractivity contribution in [2.24, 2.45) is 0 Å². The first-order chi connectivity index (χ1) is 25.6. The molecule has 0 atom stereocenters. The van der Waals surface area contributed by atoms with Gasteiger partial charge in [-0.3, -0.25) is 0 Å². The normalized spacial score (nSPS) is 10.2.